The Morgan fingerprint density at radius 1 is 0.906 bits per heavy atom. The van der Waals surface area contributed by atoms with E-state index in [1.54, 1.807) is 0 Å². The molecule has 14 heteroatoms. The van der Waals surface area contributed by atoms with Crippen molar-refractivity contribution < 1.29 is 59.6 Å². The van der Waals surface area contributed by atoms with E-state index in [0.717, 1.165) is 0 Å². The first kappa shape index (κ1) is 24.7. The van der Waals surface area contributed by atoms with Crippen molar-refractivity contribution >= 4 is 5.69 Å². The zero-order valence-electron chi connectivity index (χ0n) is 16.5. The number of nitrogens with zero attached hydrogens (tertiary/aromatic N) is 1. The van der Waals surface area contributed by atoms with Crippen LogP contribution in [0, 0.1) is 10.1 Å². The standard InChI is InChI=1S/C18H25NO13/c20-5-9(22)15-11(23)13(25)18(31-15)30-10(6-21)16-12(24)14(26)17(32-16)29-8-3-1-7(2-4-8)19(27)28/h1-4,9-18,20-26H,5-6H2/t9-,10-,11-,12-,13-,14-,15+,16+,17-,18-/m1/s1. The molecule has 14 nitrogen and oxygen atoms in total. The Morgan fingerprint density at radius 2 is 1.47 bits per heavy atom. The first-order valence-corrected chi connectivity index (χ1v) is 9.67. The fourth-order valence-corrected chi connectivity index (χ4v) is 3.46. The van der Waals surface area contributed by atoms with Gasteiger partial charge in [-0.1, -0.05) is 0 Å². The van der Waals surface area contributed by atoms with Crippen LogP contribution >= 0.6 is 0 Å². The van der Waals surface area contributed by atoms with E-state index in [1.165, 1.54) is 24.3 Å². The largest absolute Gasteiger partial charge is 0.462 e. The van der Waals surface area contributed by atoms with Crippen molar-refractivity contribution in [3.8, 4) is 5.75 Å². The third-order valence-corrected chi connectivity index (χ3v) is 5.23. The van der Waals surface area contributed by atoms with Gasteiger partial charge in [0.15, 0.2) is 6.29 Å². The van der Waals surface area contributed by atoms with Crippen LogP contribution in [0.3, 0.4) is 0 Å². The number of nitro benzene ring substituents is 1. The van der Waals surface area contributed by atoms with Gasteiger partial charge in [0, 0.05) is 12.1 Å². The molecule has 32 heavy (non-hydrogen) atoms. The number of hydrogen-bond acceptors (Lipinski definition) is 13. The Bertz CT molecular complexity index is 764. The molecule has 0 saturated carbocycles. The second-order valence-electron chi connectivity index (χ2n) is 7.38. The number of aliphatic hydroxyl groups excluding tert-OH is 7. The van der Waals surface area contributed by atoms with Gasteiger partial charge in [-0.15, -0.1) is 0 Å². The highest BCUT2D eigenvalue weighted by atomic mass is 16.7. The maximum atomic E-state index is 10.7. The van der Waals surface area contributed by atoms with Crippen LogP contribution in [0.1, 0.15) is 0 Å². The number of aliphatic hydroxyl groups is 7. The summed E-state index contributed by atoms with van der Waals surface area (Å²) in [5.41, 5.74) is -0.182. The predicted molar refractivity (Wildman–Crippen MR) is 100 cm³/mol. The topological polar surface area (TPSA) is 222 Å². The number of benzene rings is 1. The van der Waals surface area contributed by atoms with Crippen LogP contribution in [-0.2, 0) is 14.2 Å². The normalized spacial score (nSPS) is 36.7. The molecule has 0 bridgehead atoms. The van der Waals surface area contributed by atoms with Crippen LogP contribution in [0.4, 0.5) is 5.69 Å². The monoisotopic (exact) mass is 463 g/mol. The van der Waals surface area contributed by atoms with Crippen LogP contribution in [0.5, 0.6) is 5.75 Å². The van der Waals surface area contributed by atoms with E-state index in [9.17, 15) is 40.8 Å². The summed E-state index contributed by atoms with van der Waals surface area (Å²) in [6.45, 7) is -1.50. The van der Waals surface area contributed by atoms with Crippen molar-refractivity contribution in [2.24, 2.45) is 0 Å². The van der Waals surface area contributed by atoms with E-state index in [0.29, 0.717) is 0 Å². The van der Waals surface area contributed by atoms with Gasteiger partial charge in [-0.3, -0.25) is 10.1 Å². The minimum atomic E-state index is -1.65. The summed E-state index contributed by atoms with van der Waals surface area (Å²) in [6.07, 6.45) is -15.0. The summed E-state index contributed by atoms with van der Waals surface area (Å²) < 4.78 is 21.5. The summed E-state index contributed by atoms with van der Waals surface area (Å²) in [5.74, 6) is 0.104. The van der Waals surface area contributed by atoms with E-state index in [2.05, 4.69) is 0 Å². The van der Waals surface area contributed by atoms with Gasteiger partial charge in [-0.05, 0) is 12.1 Å². The molecule has 2 fully saturated rings. The smallest absolute Gasteiger partial charge is 0.269 e. The Hall–Kier alpha value is -1.98. The third kappa shape index (κ3) is 4.99. The molecule has 0 amide bonds. The molecule has 0 aliphatic carbocycles. The van der Waals surface area contributed by atoms with Gasteiger partial charge in [0.05, 0.1) is 18.1 Å². The molecule has 0 spiro atoms. The second-order valence-corrected chi connectivity index (χ2v) is 7.38. The predicted octanol–water partition coefficient (Wildman–Crippen LogP) is -3.40. The molecule has 10 atom stereocenters. The van der Waals surface area contributed by atoms with Crippen molar-refractivity contribution in [3.63, 3.8) is 0 Å². The second kappa shape index (κ2) is 10.3. The highest BCUT2D eigenvalue weighted by Gasteiger charge is 2.52. The molecular weight excluding hydrogens is 438 g/mol. The van der Waals surface area contributed by atoms with Crippen molar-refractivity contribution in [1.82, 2.24) is 0 Å². The molecule has 2 saturated heterocycles. The minimum absolute atomic E-state index is 0.104. The molecule has 2 aliphatic heterocycles. The lowest BCUT2D eigenvalue weighted by Gasteiger charge is -2.28. The zero-order chi connectivity index (χ0) is 23.6. The lowest BCUT2D eigenvalue weighted by Crippen LogP contribution is -2.46. The van der Waals surface area contributed by atoms with Gasteiger partial charge < -0.3 is 54.7 Å². The lowest BCUT2D eigenvalue weighted by atomic mass is 10.1. The number of nitro groups is 1. The van der Waals surface area contributed by atoms with E-state index in [-0.39, 0.29) is 11.4 Å². The zero-order valence-corrected chi connectivity index (χ0v) is 16.5. The molecule has 0 aromatic heterocycles. The molecule has 0 unspecified atom stereocenters. The molecular formula is C18H25NO13. The number of non-ortho nitro benzene ring substituents is 1. The fraction of sp³-hybridized carbons (Fsp3) is 0.667. The van der Waals surface area contributed by atoms with Gasteiger partial charge >= 0.3 is 0 Å². The Kier molecular flexibility index (Phi) is 7.94. The van der Waals surface area contributed by atoms with Crippen molar-refractivity contribution in [2.75, 3.05) is 13.2 Å². The van der Waals surface area contributed by atoms with Gasteiger partial charge in [-0.2, -0.15) is 0 Å². The summed E-state index contributed by atoms with van der Waals surface area (Å²) in [6, 6.07) is 4.88. The average molecular weight is 463 g/mol. The van der Waals surface area contributed by atoms with Gasteiger partial charge in [0.1, 0.15) is 54.6 Å². The van der Waals surface area contributed by atoms with E-state index < -0.39 is 79.5 Å². The minimum Gasteiger partial charge on any atom is -0.462 e. The summed E-state index contributed by atoms with van der Waals surface area (Å²) in [7, 11) is 0. The van der Waals surface area contributed by atoms with Crippen molar-refractivity contribution in [3.05, 3.63) is 34.4 Å². The Labute approximate surface area is 180 Å². The quantitative estimate of drug-likeness (QED) is 0.140. The van der Waals surface area contributed by atoms with E-state index in [4.69, 9.17) is 24.1 Å². The highest BCUT2D eigenvalue weighted by molar-refractivity contribution is 5.36. The molecule has 3 rings (SSSR count). The third-order valence-electron chi connectivity index (χ3n) is 5.23. The van der Waals surface area contributed by atoms with Crippen LogP contribution < -0.4 is 4.74 Å². The highest BCUT2D eigenvalue weighted by Crippen LogP contribution is 2.31. The first-order valence-electron chi connectivity index (χ1n) is 9.67. The average Bonchev–Trinajstić information content (AvgIpc) is 3.22. The SMILES string of the molecule is O=[N+]([O-])c1ccc(O[C@@H]2O[C@@H]([C@@H](CO)O[C@@H]3O[C@@H]([C@H](O)CO)[C@H](O)[C@H]3O)[C@H](O)[C@H]2O)cc1. The van der Waals surface area contributed by atoms with Crippen LogP contribution in [0.25, 0.3) is 0 Å². The number of hydrogen-bond donors (Lipinski definition) is 7. The van der Waals surface area contributed by atoms with Gasteiger partial charge in [-0.25, -0.2) is 0 Å². The van der Waals surface area contributed by atoms with Crippen molar-refractivity contribution in [1.29, 1.82) is 0 Å². The molecule has 180 valence electrons. The lowest BCUT2D eigenvalue weighted by molar-refractivity contribution is -0.384. The fourth-order valence-electron chi connectivity index (χ4n) is 3.46. The van der Waals surface area contributed by atoms with Crippen LogP contribution in [0.2, 0.25) is 0 Å². The Balaban J connectivity index is 1.65. The number of rotatable bonds is 9. The maximum absolute atomic E-state index is 10.7. The molecule has 2 aliphatic rings. The molecule has 0 radical (unpaired) electrons. The maximum Gasteiger partial charge on any atom is 0.269 e. The van der Waals surface area contributed by atoms with E-state index >= 15 is 0 Å². The molecule has 1 aromatic carbocycles. The Morgan fingerprint density at radius 3 is 2.03 bits per heavy atom. The molecule has 1 aromatic rings. The summed E-state index contributed by atoms with van der Waals surface area (Å²) in [4.78, 5) is 10.1. The summed E-state index contributed by atoms with van der Waals surface area (Å²) in [5, 5.41) is 79.7. The number of ether oxygens (including phenoxy) is 4. The summed E-state index contributed by atoms with van der Waals surface area (Å²) >= 11 is 0. The first-order chi connectivity index (χ1) is 15.2. The van der Waals surface area contributed by atoms with E-state index in [1.807, 2.05) is 0 Å². The van der Waals surface area contributed by atoms with Gasteiger partial charge in [0.2, 0.25) is 6.29 Å². The van der Waals surface area contributed by atoms with Crippen LogP contribution in [0.15, 0.2) is 24.3 Å². The molecule has 2 heterocycles. The molecule has 7 N–H and O–H groups in total. The van der Waals surface area contributed by atoms with Gasteiger partial charge in [0.25, 0.3) is 5.69 Å². The van der Waals surface area contributed by atoms with Crippen molar-refractivity contribution in [2.45, 2.75) is 61.4 Å². The van der Waals surface area contributed by atoms with Crippen LogP contribution in [-0.4, -0.2) is 115 Å².